The van der Waals surface area contributed by atoms with Crippen molar-refractivity contribution in [2.75, 3.05) is 18.0 Å². The number of amides is 1. The van der Waals surface area contributed by atoms with E-state index in [1.807, 2.05) is 4.90 Å². The number of nitrogens with zero attached hydrogens (tertiary/aromatic N) is 3. The second-order valence-electron chi connectivity index (χ2n) is 8.35. The number of aliphatic hydroxyl groups is 1. The summed E-state index contributed by atoms with van der Waals surface area (Å²) in [5, 5.41) is 10.7. The van der Waals surface area contributed by atoms with Crippen molar-refractivity contribution in [3.05, 3.63) is 39.6 Å². The smallest absolute Gasteiger partial charge is 0.268 e. The minimum atomic E-state index is -0.651. The van der Waals surface area contributed by atoms with Gasteiger partial charge in [0.1, 0.15) is 5.69 Å². The van der Waals surface area contributed by atoms with Crippen molar-refractivity contribution in [1.29, 1.82) is 0 Å². The van der Waals surface area contributed by atoms with Crippen molar-refractivity contribution in [3.8, 4) is 11.1 Å². The Morgan fingerprint density at radius 2 is 1.97 bits per heavy atom. The zero-order valence-electron chi connectivity index (χ0n) is 16.7. The predicted octanol–water partition coefficient (Wildman–Crippen LogP) is 2.93. The number of hydrogen-bond acceptors (Lipinski definition) is 6. The van der Waals surface area contributed by atoms with Crippen LogP contribution in [0.2, 0.25) is 10.0 Å². The highest BCUT2D eigenvalue weighted by Crippen LogP contribution is 2.46. The molecule has 0 radical (unpaired) electrons. The Hall–Kier alpha value is -1.93. The second-order valence-corrected chi connectivity index (χ2v) is 9.13. The molecule has 4 rings (SSSR count). The number of carbonyl (C=O) groups excluding carboxylic acids is 1. The number of aromatic nitrogens is 2. The number of aryl methyl sites for hydroxylation is 1. The summed E-state index contributed by atoms with van der Waals surface area (Å²) in [6.45, 7) is 3.21. The van der Waals surface area contributed by atoms with E-state index in [4.69, 9.17) is 34.7 Å². The average molecular weight is 450 g/mol. The highest BCUT2D eigenvalue weighted by atomic mass is 35.5. The van der Waals surface area contributed by atoms with Gasteiger partial charge in [-0.15, -0.1) is 0 Å². The molecule has 2 fully saturated rings. The van der Waals surface area contributed by atoms with Crippen molar-refractivity contribution in [1.82, 2.24) is 9.97 Å². The van der Waals surface area contributed by atoms with Gasteiger partial charge in [-0.3, -0.25) is 4.79 Å². The first-order valence-electron chi connectivity index (χ1n) is 10.0. The summed E-state index contributed by atoms with van der Waals surface area (Å²) >= 11 is 12.5. The maximum Gasteiger partial charge on any atom is 0.268 e. The minimum absolute atomic E-state index is 0.00540. The molecule has 1 aliphatic heterocycles. The number of nitrogens with two attached hydrogens (primary N) is 2. The Labute approximate surface area is 185 Å². The highest BCUT2D eigenvalue weighted by molar-refractivity contribution is 6.43. The van der Waals surface area contributed by atoms with E-state index in [0.717, 1.165) is 19.3 Å². The lowest BCUT2D eigenvalue weighted by molar-refractivity contribution is 0.0995. The minimum Gasteiger partial charge on any atom is -0.393 e. The third kappa shape index (κ3) is 3.64. The van der Waals surface area contributed by atoms with Crippen LogP contribution in [-0.2, 0) is 0 Å². The summed E-state index contributed by atoms with van der Waals surface area (Å²) < 4.78 is 0. The molecule has 0 bridgehead atoms. The van der Waals surface area contributed by atoms with Crippen molar-refractivity contribution in [2.24, 2.45) is 16.9 Å². The zero-order valence-corrected chi connectivity index (χ0v) is 18.2. The molecule has 1 saturated carbocycles. The second kappa shape index (κ2) is 7.96. The molecule has 2 aliphatic rings. The lowest BCUT2D eigenvalue weighted by Crippen LogP contribution is -2.47. The van der Waals surface area contributed by atoms with E-state index in [-0.39, 0.29) is 23.3 Å². The number of rotatable bonds is 3. The summed E-state index contributed by atoms with van der Waals surface area (Å²) in [5.74, 6) is -0.188. The normalized spacial score (nSPS) is 23.2. The van der Waals surface area contributed by atoms with Crippen LogP contribution in [-0.4, -0.2) is 46.2 Å². The molecule has 2 atom stereocenters. The number of piperidine rings is 1. The lowest BCUT2D eigenvalue weighted by Gasteiger charge is -2.42. The predicted molar refractivity (Wildman–Crippen MR) is 118 cm³/mol. The van der Waals surface area contributed by atoms with Crippen molar-refractivity contribution < 1.29 is 9.90 Å². The highest BCUT2D eigenvalue weighted by Gasteiger charge is 2.46. The Balaban J connectivity index is 1.67. The van der Waals surface area contributed by atoms with Gasteiger partial charge < -0.3 is 21.5 Å². The van der Waals surface area contributed by atoms with E-state index in [0.29, 0.717) is 52.3 Å². The molecular formula is C21H25Cl2N5O2. The van der Waals surface area contributed by atoms with Gasteiger partial charge in [-0.25, -0.2) is 9.97 Å². The van der Waals surface area contributed by atoms with Crippen LogP contribution >= 0.6 is 23.2 Å². The molecule has 1 aromatic heterocycles. The van der Waals surface area contributed by atoms with Gasteiger partial charge in [-0.1, -0.05) is 35.3 Å². The molecule has 5 N–H and O–H groups in total. The average Bonchev–Trinajstić information content (AvgIpc) is 2.97. The van der Waals surface area contributed by atoms with Crippen LogP contribution in [0.1, 0.15) is 41.9 Å². The Morgan fingerprint density at radius 1 is 1.27 bits per heavy atom. The molecule has 7 nitrogen and oxygen atoms in total. The number of hydrogen-bond donors (Lipinski definition) is 3. The molecule has 2 heterocycles. The SMILES string of the molecule is Cc1nc(N2CCC3(CC2)C[C@@H](O)C[C@H]3N)nc(C(N)=O)c1-c1cccc(Cl)c1Cl. The van der Waals surface area contributed by atoms with Crippen LogP contribution < -0.4 is 16.4 Å². The van der Waals surface area contributed by atoms with E-state index in [9.17, 15) is 9.90 Å². The van der Waals surface area contributed by atoms with Crippen LogP contribution in [0.3, 0.4) is 0 Å². The molecule has 1 aromatic carbocycles. The molecule has 30 heavy (non-hydrogen) atoms. The summed E-state index contributed by atoms with van der Waals surface area (Å²) in [7, 11) is 0. The standard InChI is InChI=1S/C21H25Cl2N5O2/c1-11-16(13-3-2-4-14(22)17(13)23)18(19(25)30)27-20(26-11)28-7-5-21(6-8-28)10-12(29)9-15(21)24/h2-4,12,15,29H,5-10,24H2,1H3,(H2,25,30)/t12-,15+/m0/s1. The molecular weight excluding hydrogens is 425 g/mol. The molecule has 1 spiro atoms. The van der Waals surface area contributed by atoms with Gasteiger partial charge in [0.15, 0.2) is 0 Å². The first-order chi connectivity index (χ1) is 14.2. The van der Waals surface area contributed by atoms with Gasteiger partial charge in [-0.2, -0.15) is 0 Å². The summed E-state index contributed by atoms with van der Waals surface area (Å²) in [6.07, 6.45) is 2.76. The van der Waals surface area contributed by atoms with E-state index in [1.165, 1.54) is 0 Å². The fourth-order valence-electron chi connectivity index (χ4n) is 4.87. The van der Waals surface area contributed by atoms with Crippen molar-refractivity contribution >= 4 is 35.1 Å². The van der Waals surface area contributed by atoms with E-state index >= 15 is 0 Å². The maximum absolute atomic E-state index is 12.3. The third-order valence-electron chi connectivity index (χ3n) is 6.53. The van der Waals surface area contributed by atoms with Crippen molar-refractivity contribution in [2.45, 2.75) is 44.8 Å². The maximum atomic E-state index is 12.3. The Bertz CT molecular complexity index is 992. The van der Waals surface area contributed by atoms with Gasteiger partial charge in [-0.05, 0) is 44.1 Å². The molecule has 2 aromatic rings. The van der Waals surface area contributed by atoms with Gasteiger partial charge in [0, 0.05) is 30.3 Å². The van der Waals surface area contributed by atoms with Crippen LogP contribution in [0.25, 0.3) is 11.1 Å². The van der Waals surface area contributed by atoms with Crippen LogP contribution in [0.5, 0.6) is 0 Å². The van der Waals surface area contributed by atoms with E-state index < -0.39 is 5.91 Å². The van der Waals surface area contributed by atoms with E-state index in [2.05, 4.69) is 9.97 Å². The van der Waals surface area contributed by atoms with Gasteiger partial charge >= 0.3 is 0 Å². The Kier molecular flexibility index (Phi) is 5.66. The first kappa shape index (κ1) is 21.3. The summed E-state index contributed by atoms with van der Waals surface area (Å²) in [6, 6.07) is 5.20. The van der Waals surface area contributed by atoms with Gasteiger partial charge in [0.05, 0.1) is 21.8 Å². The first-order valence-corrected chi connectivity index (χ1v) is 10.8. The largest absolute Gasteiger partial charge is 0.393 e. The monoisotopic (exact) mass is 449 g/mol. The van der Waals surface area contributed by atoms with Gasteiger partial charge in [0.2, 0.25) is 5.95 Å². The lowest BCUT2D eigenvalue weighted by atomic mass is 9.74. The van der Waals surface area contributed by atoms with Crippen LogP contribution in [0, 0.1) is 12.3 Å². The summed E-state index contributed by atoms with van der Waals surface area (Å²) in [4.78, 5) is 23.5. The Morgan fingerprint density at radius 3 is 2.57 bits per heavy atom. The zero-order chi connectivity index (χ0) is 21.6. The summed E-state index contributed by atoms with van der Waals surface area (Å²) in [5.41, 5.74) is 13.7. The van der Waals surface area contributed by atoms with Crippen LogP contribution in [0.15, 0.2) is 18.2 Å². The van der Waals surface area contributed by atoms with E-state index in [1.54, 1.807) is 25.1 Å². The number of halogens is 2. The molecule has 0 unspecified atom stereocenters. The molecule has 1 saturated heterocycles. The van der Waals surface area contributed by atoms with Crippen molar-refractivity contribution in [3.63, 3.8) is 0 Å². The number of primary amides is 1. The van der Waals surface area contributed by atoms with Crippen LogP contribution in [0.4, 0.5) is 5.95 Å². The molecule has 1 amide bonds. The number of benzene rings is 1. The van der Waals surface area contributed by atoms with Gasteiger partial charge in [0.25, 0.3) is 5.91 Å². The fraction of sp³-hybridized carbons (Fsp3) is 0.476. The number of aliphatic hydroxyl groups excluding tert-OH is 1. The number of carbonyl (C=O) groups is 1. The topological polar surface area (TPSA) is 118 Å². The molecule has 9 heteroatoms. The molecule has 160 valence electrons. The quantitative estimate of drug-likeness (QED) is 0.662. The third-order valence-corrected chi connectivity index (χ3v) is 7.35. The fourth-order valence-corrected chi connectivity index (χ4v) is 5.27. The number of anilines is 1. The molecule has 1 aliphatic carbocycles.